The van der Waals surface area contributed by atoms with Crippen molar-refractivity contribution in [3.8, 4) is 11.4 Å². The summed E-state index contributed by atoms with van der Waals surface area (Å²) in [5, 5.41) is 0. The Morgan fingerprint density at radius 3 is 1.40 bits per heavy atom. The van der Waals surface area contributed by atoms with Crippen LogP contribution in [-0.2, 0) is 0 Å². The first-order valence-corrected chi connectivity index (χ1v) is 7.79. The molecule has 0 aromatic heterocycles. The minimum atomic E-state index is -2.49. The highest BCUT2D eigenvalue weighted by Gasteiger charge is 2.41. The molecule has 0 aromatic carbocycles. The molecule has 0 nitrogen and oxygen atoms in total. The van der Waals surface area contributed by atoms with Gasteiger partial charge in [-0.15, -0.1) is 5.54 Å². The van der Waals surface area contributed by atoms with E-state index in [1.54, 1.807) is 0 Å². The molecule has 0 saturated carbocycles. The minimum absolute atomic E-state index is 0.420. The molecule has 4 heteroatoms. The number of rotatable bonds is 3. The van der Waals surface area contributed by atoms with E-state index in [4.69, 9.17) is 0 Å². The van der Waals surface area contributed by atoms with Crippen molar-refractivity contribution in [2.24, 2.45) is 0 Å². The fraction of sp³-hybridized carbons (Fsp3) is 0.818. The first-order valence-electron chi connectivity index (χ1n) is 5.56. The number of hydrogen-bond acceptors (Lipinski definition) is 0. The highest BCUT2D eigenvalue weighted by Crippen LogP contribution is 2.40. The van der Waals surface area contributed by atoms with E-state index in [1.807, 2.05) is 0 Å². The van der Waals surface area contributed by atoms with Crippen LogP contribution < -0.4 is 0 Å². The molecule has 0 aliphatic rings. The van der Waals surface area contributed by atoms with Gasteiger partial charge < -0.3 is 0 Å². The quantitative estimate of drug-likeness (QED) is 0.504. The second-order valence-electron chi connectivity index (χ2n) is 4.97. The molecular formula is C11H21BF2Si. The lowest BCUT2D eigenvalue weighted by Gasteiger charge is -2.38. The molecule has 0 spiro atoms. The van der Waals surface area contributed by atoms with Crippen LogP contribution >= 0.6 is 0 Å². The summed E-state index contributed by atoms with van der Waals surface area (Å²) in [6, 6.07) is 0. The van der Waals surface area contributed by atoms with Gasteiger partial charge in [0.25, 0.3) is 0 Å². The Kier molecular flexibility index (Phi) is 5.58. The van der Waals surface area contributed by atoms with Crippen molar-refractivity contribution in [2.45, 2.75) is 58.2 Å². The zero-order valence-electron chi connectivity index (χ0n) is 10.6. The summed E-state index contributed by atoms with van der Waals surface area (Å²) in [6.07, 6.45) is 0. The van der Waals surface area contributed by atoms with Gasteiger partial charge in [0.15, 0.2) is 0 Å². The largest absolute Gasteiger partial charge is 0.627 e. The third-order valence-corrected chi connectivity index (χ3v) is 9.57. The molecular weight excluding hydrogens is 209 g/mol. The van der Waals surface area contributed by atoms with E-state index < -0.39 is 15.3 Å². The van der Waals surface area contributed by atoms with E-state index >= 15 is 0 Å². The topological polar surface area (TPSA) is 0 Å². The SMILES string of the molecule is CC(C)[Si](C#CB(F)F)(C(C)C)C(C)C. The lowest BCUT2D eigenvalue weighted by atomic mass is 10.0. The van der Waals surface area contributed by atoms with E-state index in [2.05, 4.69) is 52.9 Å². The van der Waals surface area contributed by atoms with Crippen molar-refractivity contribution in [3.63, 3.8) is 0 Å². The highest BCUT2D eigenvalue weighted by atomic mass is 28.3. The number of hydrogen-bond donors (Lipinski definition) is 0. The molecule has 86 valence electrons. The van der Waals surface area contributed by atoms with Crippen molar-refractivity contribution in [2.75, 3.05) is 0 Å². The molecule has 0 unspecified atom stereocenters. The molecule has 0 aromatic rings. The van der Waals surface area contributed by atoms with E-state index in [-0.39, 0.29) is 0 Å². The van der Waals surface area contributed by atoms with Gasteiger partial charge in [0.1, 0.15) is 8.07 Å². The van der Waals surface area contributed by atoms with Crippen LogP contribution in [0.4, 0.5) is 8.63 Å². The van der Waals surface area contributed by atoms with Gasteiger partial charge in [-0.3, -0.25) is 8.63 Å². The zero-order chi connectivity index (χ0) is 12.2. The molecule has 0 heterocycles. The second-order valence-corrected chi connectivity index (χ2v) is 10.5. The van der Waals surface area contributed by atoms with Crippen molar-refractivity contribution < 1.29 is 8.63 Å². The predicted molar refractivity (Wildman–Crippen MR) is 66.8 cm³/mol. The Balaban J connectivity index is 5.27. The van der Waals surface area contributed by atoms with Crippen molar-refractivity contribution in [3.05, 3.63) is 0 Å². The minimum Gasteiger partial charge on any atom is -0.273 e. The van der Waals surface area contributed by atoms with Crippen molar-refractivity contribution >= 4 is 15.3 Å². The molecule has 0 aliphatic carbocycles. The van der Waals surface area contributed by atoms with Crippen LogP contribution in [0.5, 0.6) is 0 Å². The Hall–Kier alpha value is -0.298. The molecule has 0 bridgehead atoms. The van der Waals surface area contributed by atoms with E-state index in [0.717, 1.165) is 0 Å². The second kappa shape index (κ2) is 5.70. The van der Waals surface area contributed by atoms with Crippen LogP contribution in [0.15, 0.2) is 0 Å². The summed E-state index contributed by atoms with van der Waals surface area (Å²) in [7, 11) is -4.42. The summed E-state index contributed by atoms with van der Waals surface area (Å²) in [6.45, 7) is 12.7. The first-order chi connectivity index (χ1) is 6.75. The van der Waals surface area contributed by atoms with E-state index in [0.29, 0.717) is 16.6 Å². The van der Waals surface area contributed by atoms with Crippen LogP contribution in [-0.4, -0.2) is 15.3 Å². The van der Waals surface area contributed by atoms with Crippen LogP contribution in [0.3, 0.4) is 0 Å². The molecule has 0 fully saturated rings. The molecule has 15 heavy (non-hydrogen) atoms. The fourth-order valence-corrected chi connectivity index (χ4v) is 7.84. The van der Waals surface area contributed by atoms with Gasteiger partial charge >= 0.3 is 7.27 Å². The Morgan fingerprint density at radius 2 is 1.20 bits per heavy atom. The Morgan fingerprint density at radius 1 is 0.867 bits per heavy atom. The van der Waals surface area contributed by atoms with Gasteiger partial charge in [0.2, 0.25) is 0 Å². The Labute approximate surface area is 94.0 Å². The molecule has 0 radical (unpaired) electrons. The third kappa shape index (κ3) is 3.34. The Bertz CT molecular complexity index is 229. The summed E-state index contributed by atoms with van der Waals surface area (Å²) >= 11 is 0. The molecule has 0 saturated heterocycles. The maximum Gasteiger partial charge on any atom is 0.627 e. The van der Waals surface area contributed by atoms with Crippen LogP contribution in [0.1, 0.15) is 41.5 Å². The fourth-order valence-electron chi connectivity index (χ4n) is 2.61. The van der Waals surface area contributed by atoms with Crippen molar-refractivity contribution in [1.82, 2.24) is 0 Å². The lowest BCUT2D eigenvalue weighted by Crippen LogP contribution is -2.43. The highest BCUT2D eigenvalue weighted by molar-refractivity contribution is 6.91. The number of halogens is 2. The third-order valence-electron chi connectivity index (χ3n) is 3.26. The van der Waals surface area contributed by atoms with Crippen molar-refractivity contribution in [1.29, 1.82) is 0 Å². The monoisotopic (exact) mass is 230 g/mol. The molecule has 0 atom stereocenters. The van der Waals surface area contributed by atoms with Gasteiger partial charge in [0, 0.05) is 0 Å². The van der Waals surface area contributed by atoms with Crippen LogP contribution in [0.2, 0.25) is 16.6 Å². The molecule has 0 rings (SSSR count). The smallest absolute Gasteiger partial charge is 0.273 e. The normalized spacial score (nSPS) is 11.9. The average molecular weight is 230 g/mol. The van der Waals surface area contributed by atoms with Crippen LogP contribution in [0, 0.1) is 11.4 Å². The van der Waals surface area contributed by atoms with Gasteiger partial charge in [-0.05, 0) is 16.6 Å². The van der Waals surface area contributed by atoms with Gasteiger partial charge in [-0.2, -0.15) is 0 Å². The average Bonchev–Trinajstić information content (AvgIpc) is 2.02. The summed E-state index contributed by atoms with van der Waals surface area (Å²) in [5.74, 6) is 2.11. The first kappa shape index (κ1) is 14.7. The maximum atomic E-state index is 12.2. The summed E-state index contributed by atoms with van der Waals surface area (Å²) < 4.78 is 24.4. The molecule has 0 aliphatic heterocycles. The summed E-state index contributed by atoms with van der Waals surface area (Å²) in [5.41, 5.74) is 4.23. The zero-order valence-corrected chi connectivity index (χ0v) is 11.6. The molecule has 0 N–H and O–H groups in total. The van der Waals surface area contributed by atoms with Gasteiger partial charge in [-0.1, -0.05) is 47.4 Å². The predicted octanol–water partition coefficient (Wildman–Crippen LogP) is 4.17. The van der Waals surface area contributed by atoms with Crippen LogP contribution in [0.25, 0.3) is 0 Å². The standard InChI is InChI=1S/C11H21BF2Si/c1-9(2)15(10(3)4,11(5)6)8-7-12(13)14/h9-11H,1-6H3. The molecule has 0 amide bonds. The van der Waals surface area contributed by atoms with E-state index in [1.165, 1.54) is 0 Å². The maximum absolute atomic E-state index is 12.2. The van der Waals surface area contributed by atoms with Gasteiger partial charge in [0.05, 0.1) is 0 Å². The van der Waals surface area contributed by atoms with E-state index in [9.17, 15) is 8.63 Å². The lowest BCUT2D eigenvalue weighted by molar-refractivity contribution is 0.687. The summed E-state index contributed by atoms with van der Waals surface area (Å²) in [4.78, 5) is 0. The van der Waals surface area contributed by atoms with Gasteiger partial charge in [-0.25, -0.2) is 0 Å².